The Labute approximate surface area is 145 Å². The van der Waals surface area contributed by atoms with Crippen LogP contribution in [0.3, 0.4) is 0 Å². The summed E-state index contributed by atoms with van der Waals surface area (Å²) in [6, 6.07) is 0. The average Bonchev–Trinajstić information content (AvgIpc) is 2.47. The molecule has 2 radical (unpaired) electrons. The summed E-state index contributed by atoms with van der Waals surface area (Å²) in [5.41, 5.74) is 0. The van der Waals surface area contributed by atoms with E-state index in [1.807, 2.05) is 0 Å². The van der Waals surface area contributed by atoms with Crippen LogP contribution in [0.15, 0.2) is 0 Å². The Morgan fingerprint density at radius 2 is 0.667 bits per heavy atom. The van der Waals surface area contributed by atoms with Crippen LogP contribution in [0, 0.1) is 33.3 Å². The molecule has 0 heterocycles. The second-order valence-electron chi connectivity index (χ2n) is 4.71. The smallest absolute Gasteiger partial charge is 0 e. The summed E-state index contributed by atoms with van der Waals surface area (Å²) in [4.78, 5) is 0. The summed E-state index contributed by atoms with van der Waals surface area (Å²) < 4.78 is 39.7. The van der Waals surface area contributed by atoms with Gasteiger partial charge in [0.05, 0.1) is 0 Å². The summed E-state index contributed by atoms with van der Waals surface area (Å²) in [6.07, 6.45) is 0. The van der Waals surface area contributed by atoms with Crippen LogP contribution >= 0.6 is 0 Å². The molecule has 0 aromatic rings. The van der Waals surface area contributed by atoms with Crippen molar-refractivity contribution in [3.05, 3.63) is 33.3 Å². The van der Waals surface area contributed by atoms with Crippen LogP contribution in [-0.4, -0.2) is 28.6 Å². The van der Waals surface area contributed by atoms with Gasteiger partial charge in [0.1, 0.15) is 16.5 Å². The minimum absolute atomic E-state index is 0. The fraction of sp³-hybridized carbons (Fsp3) is 0.545. The van der Waals surface area contributed by atoms with Crippen molar-refractivity contribution in [2.45, 2.75) is 39.3 Å². The van der Waals surface area contributed by atoms with E-state index in [-0.39, 0.29) is 21.1 Å². The molecule has 6 nitrogen and oxygen atoms in total. The van der Waals surface area contributed by atoms with Gasteiger partial charge in [-0.2, -0.15) is 0 Å². The molecule has 0 bridgehead atoms. The number of hydrogen-bond donors (Lipinski definition) is 0. The van der Waals surface area contributed by atoms with Crippen LogP contribution in [0.2, 0.25) is 39.3 Å². The molecular weight excluding hydrogens is 389 g/mol. The first kappa shape index (κ1) is 42.8. The predicted molar refractivity (Wildman–Crippen MR) is 73.9 cm³/mol. The number of nitrogens with zero attached hydrogens (tertiary/aromatic N) is 1. The number of hydrogen-bond acceptors (Lipinski definition) is 1. The topological polar surface area (TPSA) is 103 Å². The van der Waals surface area contributed by atoms with E-state index < -0.39 is 16.5 Å². The van der Waals surface area contributed by atoms with Gasteiger partial charge < -0.3 is 4.14 Å². The van der Waals surface area contributed by atoms with Crippen molar-refractivity contribution in [1.82, 2.24) is 4.14 Å². The second-order valence-corrected chi connectivity index (χ2v) is 14.8. The Hall–Kier alpha value is -0.153. The molecular formula is C11H18BMoNO5Si2. The van der Waals surface area contributed by atoms with Crippen LogP contribution in [0.4, 0.5) is 0 Å². The van der Waals surface area contributed by atoms with E-state index >= 15 is 0 Å². The van der Waals surface area contributed by atoms with Gasteiger partial charge in [0.15, 0.2) is 7.98 Å². The second kappa shape index (κ2) is 32.0. The van der Waals surface area contributed by atoms with E-state index in [1.165, 1.54) is 0 Å². The largest absolute Gasteiger partial charge is 0 e. The van der Waals surface area contributed by atoms with Gasteiger partial charge in [-0.05, 0) is 0 Å². The first-order chi connectivity index (χ1) is 9.15. The van der Waals surface area contributed by atoms with Gasteiger partial charge in [0.25, 0.3) is 0 Å². The molecule has 0 rings (SSSR count). The third-order valence-corrected chi connectivity index (χ3v) is 8.36. The Morgan fingerprint density at radius 3 is 0.667 bits per heavy atom. The molecule has 0 aliphatic heterocycles. The Morgan fingerprint density at radius 1 is 0.571 bits per heavy atom. The van der Waals surface area contributed by atoms with Crippen molar-refractivity contribution in [3.63, 3.8) is 0 Å². The molecule has 0 aliphatic rings. The third-order valence-electron chi connectivity index (χ3n) is 1.45. The molecule has 114 valence electrons. The Balaban J connectivity index is -0.0000000303. The van der Waals surface area contributed by atoms with E-state index in [9.17, 15) is 0 Å². The fourth-order valence-corrected chi connectivity index (χ4v) is 9.06. The van der Waals surface area contributed by atoms with Crippen LogP contribution in [0.1, 0.15) is 0 Å². The van der Waals surface area contributed by atoms with Gasteiger partial charge in [0, 0.05) is 21.1 Å². The van der Waals surface area contributed by atoms with Gasteiger partial charge in [-0.15, -0.1) is 0 Å². The van der Waals surface area contributed by atoms with E-state index in [2.05, 4.69) is 76.7 Å². The molecule has 0 aromatic carbocycles. The van der Waals surface area contributed by atoms with Gasteiger partial charge >= 0.3 is 56.5 Å². The Bertz CT molecular complexity index is 243. The maximum atomic E-state index is 7.50. The summed E-state index contributed by atoms with van der Waals surface area (Å²) in [6.45, 7) is 36.2. The molecule has 0 aromatic heterocycles. The molecule has 0 aliphatic carbocycles. The standard InChI is InChI=1S/C6H18BNSi2.5CO.Mo/c1-9(2,3)8(7)10(4,5)6;5*1-2;/h1-6H3;;;;;;. The Kier molecular flexibility index (Phi) is 65.2. The summed E-state index contributed by atoms with van der Waals surface area (Å²) in [7, 11) is 3.54. The molecule has 0 saturated carbocycles. The van der Waals surface area contributed by atoms with Crippen LogP contribution < -0.4 is 0 Å². The first-order valence-corrected chi connectivity index (χ1v) is 11.6. The SMILES string of the molecule is [B]N([Si](C)(C)C)[Si](C)(C)C.[C-]#[O+].[C-]#[O+].[C-]#[O+].[C-]#[O+].[C-]#[O+].[Mo]. The molecule has 0 amide bonds. The van der Waals surface area contributed by atoms with Crippen molar-refractivity contribution < 1.29 is 44.3 Å². The molecule has 0 unspecified atom stereocenters. The molecule has 10 heteroatoms. The molecule has 0 spiro atoms. The van der Waals surface area contributed by atoms with E-state index in [4.69, 9.17) is 31.2 Å². The van der Waals surface area contributed by atoms with Gasteiger partial charge in [-0.3, -0.25) is 0 Å². The fourth-order valence-electron chi connectivity index (χ4n) is 1.01. The normalized spacial score (nSPS) is 7.29. The third kappa shape index (κ3) is 45.0. The minimum Gasteiger partial charge on any atom is 0 e. The van der Waals surface area contributed by atoms with Gasteiger partial charge in [0.2, 0.25) is 0 Å². The van der Waals surface area contributed by atoms with Gasteiger partial charge in [-0.25, -0.2) is 0 Å². The summed E-state index contributed by atoms with van der Waals surface area (Å²) >= 11 is 0. The van der Waals surface area contributed by atoms with E-state index in [0.29, 0.717) is 0 Å². The first-order valence-electron chi connectivity index (χ1n) is 4.73. The van der Waals surface area contributed by atoms with E-state index in [0.717, 1.165) is 0 Å². The molecule has 0 N–H and O–H groups in total. The van der Waals surface area contributed by atoms with E-state index in [1.54, 1.807) is 0 Å². The maximum absolute atomic E-state index is 7.50. The quantitative estimate of drug-likeness (QED) is 0.389. The van der Waals surface area contributed by atoms with Crippen molar-refractivity contribution in [1.29, 1.82) is 0 Å². The maximum Gasteiger partial charge on any atom is 0 e. The average molecular weight is 407 g/mol. The zero-order valence-corrected chi connectivity index (χ0v) is 17.0. The van der Waals surface area contributed by atoms with Crippen LogP contribution in [-0.2, 0) is 44.3 Å². The summed E-state index contributed by atoms with van der Waals surface area (Å²) in [5.74, 6) is 0. The minimum atomic E-state index is -1.22. The molecule has 21 heavy (non-hydrogen) atoms. The summed E-state index contributed by atoms with van der Waals surface area (Å²) in [5, 5.41) is 0. The zero-order valence-electron chi connectivity index (χ0n) is 13.0. The number of rotatable bonds is 2. The van der Waals surface area contributed by atoms with Crippen LogP contribution in [0.25, 0.3) is 0 Å². The van der Waals surface area contributed by atoms with Gasteiger partial charge in [-0.1, -0.05) is 39.3 Å². The van der Waals surface area contributed by atoms with Crippen molar-refractivity contribution >= 4 is 24.5 Å². The molecule has 0 saturated heterocycles. The zero-order chi connectivity index (χ0) is 18.6. The predicted octanol–water partition coefficient (Wildman–Crippen LogP) is 1.85. The van der Waals surface area contributed by atoms with Crippen molar-refractivity contribution in [2.24, 2.45) is 0 Å². The van der Waals surface area contributed by atoms with Crippen molar-refractivity contribution in [3.8, 4) is 0 Å². The molecule has 0 atom stereocenters. The molecule has 0 fully saturated rings. The van der Waals surface area contributed by atoms with Crippen molar-refractivity contribution in [2.75, 3.05) is 0 Å². The monoisotopic (exact) mass is 409 g/mol. The van der Waals surface area contributed by atoms with Crippen LogP contribution in [0.5, 0.6) is 0 Å².